The van der Waals surface area contributed by atoms with E-state index in [2.05, 4.69) is 5.32 Å². The standard InChI is InChI=1S/C11H21NO3/c1-6(5-13)12-11(14)10-7(2)8(3)15-9(10)4/h6-10,13H,5H2,1-4H3,(H,12,14). The van der Waals surface area contributed by atoms with Gasteiger partial charge in [-0.3, -0.25) is 4.79 Å². The minimum atomic E-state index is -0.187. The Hall–Kier alpha value is -0.610. The van der Waals surface area contributed by atoms with Crippen molar-refractivity contribution in [1.29, 1.82) is 0 Å². The van der Waals surface area contributed by atoms with Gasteiger partial charge in [0.2, 0.25) is 5.91 Å². The van der Waals surface area contributed by atoms with Gasteiger partial charge < -0.3 is 15.2 Å². The largest absolute Gasteiger partial charge is 0.394 e. The normalized spacial score (nSPS) is 37.7. The molecule has 0 bridgehead atoms. The average Bonchev–Trinajstić information content (AvgIpc) is 2.41. The zero-order chi connectivity index (χ0) is 11.6. The van der Waals surface area contributed by atoms with E-state index in [0.29, 0.717) is 0 Å². The van der Waals surface area contributed by atoms with Crippen LogP contribution in [0.25, 0.3) is 0 Å². The van der Waals surface area contributed by atoms with Gasteiger partial charge >= 0.3 is 0 Å². The fourth-order valence-electron chi connectivity index (χ4n) is 2.10. The van der Waals surface area contributed by atoms with Gasteiger partial charge in [-0.25, -0.2) is 0 Å². The van der Waals surface area contributed by atoms with E-state index < -0.39 is 0 Å². The van der Waals surface area contributed by atoms with Crippen molar-refractivity contribution in [3.8, 4) is 0 Å². The molecule has 1 amide bonds. The van der Waals surface area contributed by atoms with Gasteiger partial charge in [-0.2, -0.15) is 0 Å². The summed E-state index contributed by atoms with van der Waals surface area (Å²) in [6, 6.07) is -0.187. The maximum absolute atomic E-state index is 11.9. The summed E-state index contributed by atoms with van der Waals surface area (Å²) in [4.78, 5) is 11.9. The van der Waals surface area contributed by atoms with Crippen molar-refractivity contribution in [1.82, 2.24) is 5.32 Å². The molecule has 1 rings (SSSR count). The number of hydrogen-bond acceptors (Lipinski definition) is 3. The SMILES string of the molecule is CC(CO)NC(=O)C1C(C)OC(C)C1C. The van der Waals surface area contributed by atoms with Crippen LogP contribution in [0, 0.1) is 11.8 Å². The molecule has 0 aromatic heterocycles. The molecule has 0 aromatic carbocycles. The van der Waals surface area contributed by atoms with Crippen LogP contribution >= 0.6 is 0 Å². The van der Waals surface area contributed by atoms with Crippen molar-refractivity contribution in [2.45, 2.75) is 45.9 Å². The van der Waals surface area contributed by atoms with Crippen molar-refractivity contribution >= 4 is 5.91 Å². The molecule has 5 unspecified atom stereocenters. The summed E-state index contributed by atoms with van der Waals surface area (Å²) in [5.41, 5.74) is 0. The first-order valence-corrected chi connectivity index (χ1v) is 5.54. The van der Waals surface area contributed by atoms with E-state index in [0.717, 1.165) is 0 Å². The molecule has 4 nitrogen and oxygen atoms in total. The lowest BCUT2D eigenvalue weighted by Gasteiger charge is -2.20. The van der Waals surface area contributed by atoms with Crippen LogP contribution in [0.1, 0.15) is 27.7 Å². The predicted molar refractivity (Wildman–Crippen MR) is 57.4 cm³/mol. The minimum Gasteiger partial charge on any atom is -0.394 e. The van der Waals surface area contributed by atoms with Crippen molar-refractivity contribution < 1.29 is 14.6 Å². The Kier molecular flexibility index (Phi) is 4.11. The van der Waals surface area contributed by atoms with Crippen LogP contribution in [-0.4, -0.2) is 35.9 Å². The second kappa shape index (κ2) is 4.94. The summed E-state index contributed by atoms with van der Waals surface area (Å²) in [5.74, 6) is 0.112. The summed E-state index contributed by atoms with van der Waals surface area (Å²) in [6.07, 6.45) is 0.0843. The quantitative estimate of drug-likeness (QED) is 0.722. The fraction of sp³-hybridized carbons (Fsp3) is 0.909. The summed E-state index contributed by atoms with van der Waals surface area (Å²) < 4.78 is 5.60. The third kappa shape index (κ3) is 2.69. The van der Waals surface area contributed by atoms with E-state index in [9.17, 15) is 4.79 Å². The third-order valence-corrected chi connectivity index (χ3v) is 3.21. The number of carbonyl (C=O) groups is 1. The van der Waals surface area contributed by atoms with E-state index in [-0.39, 0.29) is 42.6 Å². The number of aliphatic hydroxyl groups is 1. The first-order valence-electron chi connectivity index (χ1n) is 5.54. The molecule has 0 spiro atoms. The maximum Gasteiger partial charge on any atom is 0.226 e. The Morgan fingerprint density at radius 3 is 2.40 bits per heavy atom. The lowest BCUT2D eigenvalue weighted by atomic mass is 9.88. The van der Waals surface area contributed by atoms with Crippen LogP contribution < -0.4 is 5.32 Å². The molecule has 0 aliphatic carbocycles. The van der Waals surface area contributed by atoms with E-state index in [1.807, 2.05) is 20.8 Å². The number of ether oxygens (including phenoxy) is 1. The lowest BCUT2D eigenvalue weighted by molar-refractivity contribution is -0.128. The van der Waals surface area contributed by atoms with Gasteiger partial charge in [0.05, 0.1) is 24.7 Å². The Bertz CT molecular complexity index is 232. The highest BCUT2D eigenvalue weighted by molar-refractivity contribution is 5.80. The van der Waals surface area contributed by atoms with Crippen LogP contribution in [0.5, 0.6) is 0 Å². The second-order valence-electron chi connectivity index (χ2n) is 4.52. The number of amides is 1. The molecular formula is C11H21NO3. The number of nitrogens with one attached hydrogen (secondary N) is 1. The molecule has 1 heterocycles. The van der Waals surface area contributed by atoms with E-state index >= 15 is 0 Å². The molecule has 0 saturated carbocycles. The monoisotopic (exact) mass is 215 g/mol. The third-order valence-electron chi connectivity index (χ3n) is 3.21. The fourth-order valence-corrected chi connectivity index (χ4v) is 2.10. The Labute approximate surface area is 91.0 Å². The summed E-state index contributed by atoms with van der Waals surface area (Å²) in [7, 11) is 0. The maximum atomic E-state index is 11.9. The zero-order valence-corrected chi connectivity index (χ0v) is 9.86. The van der Waals surface area contributed by atoms with Crippen LogP contribution in [0.15, 0.2) is 0 Å². The average molecular weight is 215 g/mol. The molecule has 1 saturated heterocycles. The summed E-state index contributed by atoms with van der Waals surface area (Å²) in [6.45, 7) is 7.70. The molecule has 4 heteroatoms. The van der Waals surface area contributed by atoms with Crippen molar-refractivity contribution in [3.63, 3.8) is 0 Å². The lowest BCUT2D eigenvalue weighted by Crippen LogP contribution is -2.43. The molecule has 2 N–H and O–H groups in total. The van der Waals surface area contributed by atoms with E-state index in [1.165, 1.54) is 0 Å². The molecule has 15 heavy (non-hydrogen) atoms. The number of hydrogen-bond donors (Lipinski definition) is 2. The molecule has 88 valence electrons. The van der Waals surface area contributed by atoms with Crippen molar-refractivity contribution in [3.05, 3.63) is 0 Å². The Morgan fingerprint density at radius 1 is 1.40 bits per heavy atom. The number of aliphatic hydroxyl groups excluding tert-OH is 1. The minimum absolute atomic E-state index is 0.0131. The van der Waals surface area contributed by atoms with Gasteiger partial charge in [0.15, 0.2) is 0 Å². The van der Waals surface area contributed by atoms with Crippen LogP contribution in [0.3, 0.4) is 0 Å². The molecule has 5 atom stereocenters. The highest BCUT2D eigenvalue weighted by Crippen LogP contribution is 2.32. The molecule has 0 aromatic rings. The highest BCUT2D eigenvalue weighted by Gasteiger charge is 2.41. The molecule has 0 radical (unpaired) electrons. The van der Waals surface area contributed by atoms with Crippen LogP contribution in [0.4, 0.5) is 0 Å². The smallest absolute Gasteiger partial charge is 0.226 e. The Morgan fingerprint density at radius 2 is 2.00 bits per heavy atom. The number of rotatable bonds is 3. The summed E-state index contributed by atoms with van der Waals surface area (Å²) >= 11 is 0. The number of carbonyl (C=O) groups excluding carboxylic acids is 1. The van der Waals surface area contributed by atoms with Gasteiger partial charge in [0, 0.05) is 6.04 Å². The molecule has 1 aliphatic heterocycles. The predicted octanol–water partition coefficient (Wildman–Crippen LogP) is 0.543. The van der Waals surface area contributed by atoms with Crippen LogP contribution in [-0.2, 0) is 9.53 Å². The van der Waals surface area contributed by atoms with Gasteiger partial charge in [0.1, 0.15) is 0 Å². The molecular weight excluding hydrogens is 194 g/mol. The molecule has 1 aliphatic rings. The van der Waals surface area contributed by atoms with Crippen molar-refractivity contribution in [2.75, 3.05) is 6.61 Å². The van der Waals surface area contributed by atoms with Crippen LogP contribution in [0.2, 0.25) is 0 Å². The first-order chi connectivity index (χ1) is 6.97. The molecule has 1 fully saturated rings. The highest BCUT2D eigenvalue weighted by atomic mass is 16.5. The second-order valence-corrected chi connectivity index (χ2v) is 4.52. The van der Waals surface area contributed by atoms with Crippen molar-refractivity contribution in [2.24, 2.45) is 11.8 Å². The van der Waals surface area contributed by atoms with Gasteiger partial charge in [0.25, 0.3) is 0 Å². The van der Waals surface area contributed by atoms with E-state index in [4.69, 9.17) is 9.84 Å². The Balaban J connectivity index is 2.59. The topological polar surface area (TPSA) is 58.6 Å². The van der Waals surface area contributed by atoms with Gasteiger partial charge in [-0.1, -0.05) is 6.92 Å². The van der Waals surface area contributed by atoms with Gasteiger partial charge in [-0.05, 0) is 26.7 Å². The van der Waals surface area contributed by atoms with Gasteiger partial charge in [-0.15, -0.1) is 0 Å². The summed E-state index contributed by atoms with van der Waals surface area (Å²) in [5, 5.41) is 11.6. The first kappa shape index (κ1) is 12.5. The zero-order valence-electron chi connectivity index (χ0n) is 9.86. The van der Waals surface area contributed by atoms with E-state index in [1.54, 1.807) is 6.92 Å².